The molecule has 1 N–H and O–H groups in total. The smallest absolute Gasteiger partial charge is 0.417 e. The first-order valence-electron chi connectivity index (χ1n) is 10.1. The van der Waals surface area contributed by atoms with E-state index in [0.29, 0.717) is 11.0 Å². The first-order valence-corrected chi connectivity index (χ1v) is 10.1. The van der Waals surface area contributed by atoms with Crippen LogP contribution in [0.4, 0.5) is 23.7 Å². The Morgan fingerprint density at radius 3 is 2.34 bits per heavy atom. The molecular weight excluding hydrogens is 471 g/mol. The number of benzene rings is 2. The topological polar surface area (TPSA) is 128 Å². The van der Waals surface area contributed by atoms with Gasteiger partial charge in [0.25, 0.3) is 5.91 Å². The minimum absolute atomic E-state index is 0.221. The van der Waals surface area contributed by atoms with Crippen LogP contribution < -0.4 is 4.90 Å². The summed E-state index contributed by atoms with van der Waals surface area (Å²) < 4.78 is 45.6. The molecule has 1 unspecified atom stereocenters. The number of anilines is 1. The summed E-state index contributed by atoms with van der Waals surface area (Å²) in [4.78, 5) is 51.1. The SMILES string of the molecule is CN1C(=O)N(c2ccc(C#N)c(C(F)(F)F)c2)C(=O)C1(COC(=O)CCC(=O)O)c1ccccc1. The largest absolute Gasteiger partial charge is 0.481 e. The number of imide groups is 1. The van der Waals surface area contributed by atoms with Crippen molar-refractivity contribution in [2.75, 3.05) is 18.6 Å². The fourth-order valence-electron chi connectivity index (χ4n) is 3.70. The van der Waals surface area contributed by atoms with Gasteiger partial charge in [0.2, 0.25) is 0 Å². The number of urea groups is 1. The van der Waals surface area contributed by atoms with Gasteiger partial charge in [0, 0.05) is 7.05 Å². The van der Waals surface area contributed by atoms with Crippen LogP contribution in [0.15, 0.2) is 48.5 Å². The first kappa shape index (κ1) is 25.2. The minimum Gasteiger partial charge on any atom is -0.481 e. The van der Waals surface area contributed by atoms with Gasteiger partial charge in [0.15, 0.2) is 5.54 Å². The first-order chi connectivity index (χ1) is 16.4. The lowest BCUT2D eigenvalue weighted by Crippen LogP contribution is -2.49. The Hall–Kier alpha value is -4.40. The summed E-state index contributed by atoms with van der Waals surface area (Å²) in [7, 11) is 1.23. The zero-order valence-electron chi connectivity index (χ0n) is 18.2. The number of rotatable bonds is 7. The number of hydrogen-bond donors (Lipinski definition) is 1. The van der Waals surface area contributed by atoms with E-state index in [2.05, 4.69) is 0 Å². The number of aliphatic carboxylic acids is 1. The fourth-order valence-corrected chi connectivity index (χ4v) is 3.70. The molecule has 1 atom stereocenters. The van der Waals surface area contributed by atoms with E-state index in [1.54, 1.807) is 18.2 Å². The van der Waals surface area contributed by atoms with Crippen LogP contribution in [0.5, 0.6) is 0 Å². The Kier molecular flexibility index (Phi) is 6.82. The number of carbonyl (C=O) groups excluding carboxylic acids is 3. The van der Waals surface area contributed by atoms with Gasteiger partial charge in [0.05, 0.1) is 35.7 Å². The van der Waals surface area contributed by atoms with Gasteiger partial charge in [-0.2, -0.15) is 18.4 Å². The number of nitrogens with zero attached hydrogens (tertiary/aromatic N) is 3. The van der Waals surface area contributed by atoms with Gasteiger partial charge in [-0.3, -0.25) is 14.4 Å². The standard InChI is InChI=1S/C23H18F3N3O6/c1-28-21(34)29(16-8-7-14(12-27)17(11-16)23(24,25)26)20(33)22(28,15-5-3-2-4-6-15)13-35-19(32)10-9-18(30)31/h2-8,11H,9-10,13H2,1H3,(H,30,31). The normalized spacial score (nSPS) is 17.9. The van der Waals surface area contributed by atoms with Gasteiger partial charge < -0.3 is 14.7 Å². The van der Waals surface area contributed by atoms with E-state index in [-0.39, 0.29) is 5.56 Å². The number of esters is 1. The quantitative estimate of drug-likeness (QED) is 0.467. The summed E-state index contributed by atoms with van der Waals surface area (Å²) in [6.07, 6.45) is -5.92. The van der Waals surface area contributed by atoms with Crippen LogP contribution in [0, 0.1) is 11.3 Å². The van der Waals surface area contributed by atoms with E-state index in [9.17, 15) is 32.3 Å². The lowest BCUT2D eigenvalue weighted by atomic mass is 9.89. The number of amides is 3. The minimum atomic E-state index is -4.92. The van der Waals surface area contributed by atoms with Gasteiger partial charge in [-0.05, 0) is 23.8 Å². The van der Waals surface area contributed by atoms with Gasteiger partial charge in [-0.15, -0.1) is 0 Å². The molecule has 3 rings (SSSR count). The third-order valence-corrected chi connectivity index (χ3v) is 5.53. The summed E-state index contributed by atoms with van der Waals surface area (Å²) in [5.74, 6) is -3.16. The summed E-state index contributed by atoms with van der Waals surface area (Å²) in [6, 6.07) is 10.6. The highest BCUT2D eigenvalue weighted by atomic mass is 19.4. The second-order valence-electron chi connectivity index (χ2n) is 7.60. The molecule has 1 aliphatic heterocycles. The maximum absolute atomic E-state index is 13.7. The maximum atomic E-state index is 13.7. The third kappa shape index (κ3) is 4.65. The zero-order valence-corrected chi connectivity index (χ0v) is 18.2. The number of halogens is 3. The van der Waals surface area contributed by atoms with Gasteiger partial charge in [0.1, 0.15) is 6.61 Å². The van der Waals surface area contributed by atoms with Crippen LogP contribution in [-0.2, 0) is 30.8 Å². The molecule has 0 aliphatic carbocycles. The summed E-state index contributed by atoms with van der Waals surface area (Å²) in [5.41, 5.74) is -4.13. The number of carboxylic acid groups (broad SMARTS) is 1. The van der Waals surface area contributed by atoms with Crippen LogP contribution in [0.1, 0.15) is 29.5 Å². The Balaban J connectivity index is 2.07. The summed E-state index contributed by atoms with van der Waals surface area (Å²) in [5, 5.41) is 17.8. The zero-order chi connectivity index (χ0) is 26.0. The average molecular weight is 489 g/mol. The molecule has 3 amide bonds. The van der Waals surface area contributed by atoms with Crippen molar-refractivity contribution in [1.29, 1.82) is 5.26 Å². The Morgan fingerprint density at radius 1 is 1.11 bits per heavy atom. The molecule has 0 bridgehead atoms. The third-order valence-electron chi connectivity index (χ3n) is 5.53. The van der Waals surface area contributed by atoms with Gasteiger partial charge in [-0.25, -0.2) is 9.69 Å². The number of nitriles is 1. The molecule has 1 fully saturated rings. The van der Waals surface area contributed by atoms with Crippen molar-refractivity contribution in [2.45, 2.75) is 24.6 Å². The monoisotopic (exact) mass is 489 g/mol. The molecule has 0 aromatic heterocycles. The van der Waals surface area contributed by atoms with Crippen molar-refractivity contribution in [3.63, 3.8) is 0 Å². The highest BCUT2D eigenvalue weighted by Crippen LogP contribution is 2.41. The predicted molar refractivity (Wildman–Crippen MR) is 113 cm³/mol. The summed E-state index contributed by atoms with van der Waals surface area (Å²) in [6.45, 7) is -0.699. The van der Waals surface area contributed by atoms with Gasteiger partial charge >= 0.3 is 24.1 Å². The lowest BCUT2D eigenvalue weighted by Gasteiger charge is -2.32. The molecule has 35 heavy (non-hydrogen) atoms. The van der Waals surface area contributed by atoms with E-state index < -0.39 is 71.9 Å². The van der Waals surface area contributed by atoms with E-state index in [1.165, 1.54) is 25.2 Å². The molecule has 1 saturated heterocycles. The summed E-state index contributed by atoms with van der Waals surface area (Å²) >= 11 is 0. The lowest BCUT2D eigenvalue weighted by molar-refractivity contribution is -0.152. The van der Waals surface area contributed by atoms with Gasteiger partial charge in [-0.1, -0.05) is 30.3 Å². The Labute approximate surface area is 196 Å². The second kappa shape index (κ2) is 9.46. The average Bonchev–Trinajstić information content (AvgIpc) is 3.01. The Morgan fingerprint density at radius 2 is 1.77 bits per heavy atom. The molecule has 2 aromatic carbocycles. The van der Waals surface area contributed by atoms with E-state index in [0.717, 1.165) is 17.0 Å². The molecule has 0 radical (unpaired) electrons. The number of carboxylic acids is 1. The van der Waals surface area contributed by atoms with Crippen molar-refractivity contribution in [3.8, 4) is 6.07 Å². The molecule has 1 heterocycles. The van der Waals surface area contributed by atoms with Crippen LogP contribution >= 0.6 is 0 Å². The molecule has 9 nitrogen and oxygen atoms in total. The molecular formula is C23H18F3N3O6. The maximum Gasteiger partial charge on any atom is 0.417 e. The van der Waals surface area contributed by atoms with E-state index in [4.69, 9.17) is 15.1 Å². The number of likely N-dealkylation sites (N-methyl/N-ethyl adjacent to an activating group) is 1. The van der Waals surface area contributed by atoms with E-state index in [1.807, 2.05) is 0 Å². The molecule has 1 aliphatic rings. The highest BCUT2D eigenvalue weighted by Gasteiger charge is 2.58. The number of carbonyl (C=O) groups is 4. The highest BCUT2D eigenvalue weighted by molar-refractivity contribution is 6.23. The predicted octanol–water partition coefficient (Wildman–Crippen LogP) is 3.28. The molecule has 0 saturated carbocycles. The van der Waals surface area contributed by atoms with Crippen LogP contribution in [-0.4, -0.2) is 47.5 Å². The molecule has 12 heteroatoms. The number of ether oxygens (including phenoxy) is 1. The fraction of sp³-hybridized carbons (Fsp3) is 0.261. The van der Waals surface area contributed by atoms with Crippen molar-refractivity contribution in [3.05, 3.63) is 65.2 Å². The molecule has 0 spiro atoms. The second-order valence-corrected chi connectivity index (χ2v) is 7.60. The number of hydrogen-bond acceptors (Lipinski definition) is 6. The van der Waals surface area contributed by atoms with Crippen molar-refractivity contribution in [1.82, 2.24) is 4.90 Å². The van der Waals surface area contributed by atoms with Crippen molar-refractivity contribution in [2.24, 2.45) is 0 Å². The van der Waals surface area contributed by atoms with E-state index >= 15 is 0 Å². The van der Waals surface area contributed by atoms with Crippen LogP contribution in [0.3, 0.4) is 0 Å². The van der Waals surface area contributed by atoms with Crippen LogP contribution in [0.25, 0.3) is 0 Å². The molecule has 2 aromatic rings. The van der Waals surface area contributed by atoms with Crippen molar-refractivity contribution < 1.29 is 42.2 Å². The Bertz CT molecular complexity index is 1230. The van der Waals surface area contributed by atoms with Crippen LogP contribution in [0.2, 0.25) is 0 Å². The van der Waals surface area contributed by atoms with Crippen molar-refractivity contribution >= 4 is 29.6 Å². The molecule has 182 valence electrons. The number of alkyl halides is 3.